The van der Waals surface area contributed by atoms with Crippen LogP contribution in [0, 0.1) is 6.92 Å². The third kappa shape index (κ3) is 5.41. The number of hydrogen-bond acceptors (Lipinski definition) is 5. The van der Waals surface area contributed by atoms with Crippen LogP contribution < -0.4 is 0 Å². The zero-order valence-electron chi connectivity index (χ0n) is 14.0. The van der Waals surface area contributed by atoms with E-state index >= 15 is 0 Å². The lowest BCUT2D eigenvalue weighted by molar-refractivity contribution is -0.295. The van der Waals surface area contributed by atoms with Crippen LogP contribution in [-0.4, -0.2) is 41.0 Å². The Hall–Kier alpha value is -1.24. The molecule has 0 aromatic heterocycles. The van der Waals surface area contributed by atoms with Gasteiger partial charge < -0.3 is 14.2 Å². The van der Waals surface area contributed by atoms with E-state index in [2.05, 4.69) is 0 Å². The lowest BCUT2D eigenvalue weighted by atomic mass is 10.1. The molecule has 0 N–H and O–H groups in total. The van der Waals surface area contributed by atoms with Crippen molar-refractivity contribution in [3.05, 3.63) is 29.8 Å². The number of carbonyl (C=O) groups is 1. The maximum atomic E-state index is 12.5. The molecule has 0 spiro atoms. The average molecular weight is 340 g/mol. The van der Waals surface area contributed by atoms with Crippen LogP contribution in [0.25, 0.3) is 0 Å². The maximum absolute atomic E-state index is 12.5. The van der Waals surface area contributed by atoms with Crippen LogP contribution >= 0.6 is 0 Å². The fraction of sp³-hybridized carbons (Fsp3) is 0.588. The van der Waals surface area contributed by atoms with Crippen molar-refractivity contribution in [1.29, 1.82) is 0 Å². The number of benzene rings is 1. The molecule has 1 fully saturated rings. The molecular formula is C17H24O5S. The summed E-state index contributed by atoms with van der Waals surface area (Å²) in [5.41, 5.74) is 1.13. The molecule has 2 rings (SSSR count). The van der Waals surface area contributed by atoms with E-state index in [-0.39, 0.29) is 24.6 Å². The molecule has 3 atom stereocenters. The predicted octanol–water partition coefficient (Wildman–Crippen LogP) is 2.58. The maximum Gasteiger partial charge on any atom is 0.308 e. The minimum Gasteiger partial charge on any atom is -0.469 e. The largest absolute Gasteiger partial charge is 0.469 e. The Morgan fingerprint density at radius 3 is 2.48 bits per heavy atom. The third-order valence-corrected chi connectivity index (χ3v) is 5.14. The van der Waals surface area contributed by atoms with Gasteiger partial charge in [-0.05, 0) is 32.9 Å². The summed E-state index contributed by atoms with van der Waals surface area (Å²) < 4.78 is 28.8. The van der Waals surface area contributed by atoms with Gasteiger partial charge in [0.25, 0.3) is 0 Å². The first kappa shape index (κ1) is 18.1. The highest BCUT2D eigenvalue weighted by molar-refractivity contribution is 7.85. The summed E-state index contributed by atoms with van der Waals surface area (Å²) in [5, 5.41) is 0. The van der Waals surface area contributed by atoms with Gasteiger partial charge in [-0.1, -0.05) is 17.7 Å². The van der Waals surface area contributed by atoms with Gasteiger partial charge in [0.15, 0.2) is 5.79 Å². The topological polar surface area (TPSA) is 61.8 Å². The van der Waals surface area contributed by atoms with Crippen LogP contribution in [0.4, 0.5) is 0 Å². The van der Waals surface area contributed by atoms with Gasteiger partial charge in [0.2, 0.25) is 0 Å². The molecule has 1 heterocycles. The van der Waals surface area contributed by atoms with E-state index in [4.69, 9.17) is 14.2 Å². The molecule has 0 saturated carbocycles. The summed E-state index contributed by atoms with van der Waals surface area (Å²) in [7, 11) is 0.209. The number of esters is 1. The number of ether oxygens (including phenoxy) is 3. The third-order valence-electron chi connectivity index (χ3n) is 3.67. The standard InChI is InChI=1S/C17H24O5S/c1-12-5-7-15(8-6-12)23(19)11-14-9-13(10-16(18)20-4)21-17(2,3)22-14/h5-8,13-14H,9-11H2,1-4H3/t13-,14+,23-/m0/s1. The normalized spacial score (nSPS) is 24.9. The highest BCUT2D eigenvalue weighted by atomic mass is 32.2. The van der Waals surface area contributed by atoms with Gasteiger partial charge in [-0.15, -0.1) is 0 Å². The van der Waals surface area contributed by atoms with Crippen molar-refractivity contribution in [2.24, 2.45) is 0 Å². The molecule has 1 aliphatic rings. The molecule has 0 radical (unpaired) electrons. The van der Waals surface area contributed by atoms with Crippen molar-refractivity contribution in [3.8, 4) is 0 Å². The number of rotatable bonds is 5. The zero-order valence-corrected chi connectivity index (χ0v) is 14.9. The monoisotopic (exact) mass is 340 g/mol. The minimum atomic E-state index is -1.15. The molecule has 1 aromatic carbocycles. The van der Waals surface area contributed by atoms with Crippen LogP contribution in [0.2, 0.25) is 0 Å². The number of carbonyl (C=O) groups excluding carboxylic acids is 1. The van der Waals surface area contributed by atoms with Gasteiger partial charge in [-0.3, -0.25) is 9.00 Å². The highest BCUT2D eigenvalue weighted by Crippen LogP contribution is 2.29. The lowest BCUT2D eigenvalue weighted by Gasteiger charge is -2.40. The molecule has 1 aliphatic heterocycles. The molecule has 0 unspecified atom stereocenters. The Labute approximate surface area is 139 Å². The Morgan fingerprint density at radius 2 is 1.87 bits per heavy atom. The zero-order chi connectivity index (χ0) is 17.0. The van der Waals surface area contributed by atoms with Crippen molar-refractivity contribution < 1.29 is 23.2 Å². The van der Waals surface area contributed by atoms with E-state index in [1.807, 2.05) is 31.2 Å². The lowest BCUT2D eigenvalue weighted by Crippen LogP contribution is -2.47. The molecule has 1 saturated heterocycles. The van der Waals surface area contributed by atoms with E-state index in [1.54, 1.807) is 13.8 Å². The van der Waals surface area contributed by atoms with Crippen molar-refractivity contribution in [2.45, 2.75) is 56.5 Å². The van der Waals surface area contributed by atoms with Gasteiger partial charge in [-0.25, -0.2) is 0 Å². The van der Waals surface area contributed by atoms with Crippen LogP contribution in [0.1, 0.15) is 32.3 Å². The summed E-state index contributed by atoms with van der Waals surface area (Å²) >= 11 is 0. The van der Waals surface area contributed by atoms with Gasteiger partial charge in [0.05, 0.1) is 42.3 Å². The fourth-order valence-electron chi connectivity index (χ4n) is 2.67. The van der Waals surface area contributed by atoms with Crippen LogP contribution in [0.15, 0.2) is 29.2 Å². The molecule has 0 aliphatic carbocycles. The SMILES string of the molecule is COC(=O)C[C@@H]1C[C@H](C[S@](=O)c2ccc(C)cc2)OC(C)(C)O1. The summed E-state index contributed by atoms with van der Waals surface area (Å²) in [6, 6.07) is 7.65. The molecule has 1 aromatic rings. The van der Waals surface area contributed by atoms with E-state index in [0.29, 0.717) is 12.2 Å². The van der Waals surface area contributed by atoms with Gasteiger partial charge in [0.1, 0.15) is 0 Å². The Morgan fingerprint density at radius 1 is 1.26 bits per heavy atom. The first-order valence-corrected chi connectivity index (χ1v) is 8.98. The summed E-state index contributed by atoms with van der Waals surface area (Å²) in [4.78, 5) is 12.3. The number of methoxy groups -OCH3 is 1. The second-order valence-electron chi connectivity index (χ2n) is 6.22. The Balaban J connectivity index is 2.01. The molecule has 5 nitrogen and oxygen atoms in total. The van der Waals surface area contributed by atoms with Crippen molar-refractivity contribution >= 4 is 16.8 Å². The fourth-order valence-corrected chi connectivity index (χ4v) is 3.85. The van der Waals surface area contributed by atoms with Crippen LogP contribution in [0.5, 0.6) is 0 Å². The molecule has 6 heteroatoms. The van der Waals surface area contributed by atoms with Crippen molar-refractivity contribution in [3.63, 3.8) is 0 Å². The van der Waals surface area contributed by atoms with Gasteiger partial charge in [0, 0.05) is 11.3 Å². The van der Waals surface area contributed by atoms with Crippen LogP contribution in [-0.2, 0) is 29.8 Å². The van der Waals surface area contributed by atoms with Crippen LogP contribution in [0.3, 0.4) is 0 Å². The summed E-state index contributed by atoms with van der Waals surface area (Å²) in [6.45, 7) is 5.60. The first-order valence-electron chi connectivity index (χ1n) is 7.66. The molecule has 0 bridgehead atoms. The number of hydrogen-bond donors (Lipinski definition) is 0. The molecule has 0 amide bonds. The van der Waals surface area contributed by atoms with E-state index in [9.17, 15) is 9.00 Å². The van der Waals surface area contributed by atoms with Crippen molar-refractivity contribution in [1.82, 2.24) is 0 Å². The molecular weight excluding hydrogens is 316 g/mol. The van der Waals surface area contributed by atoms with E-state index in [1.165, 1.54) is 7.11 Å². The van der Waals surface area contributed by atoms with Crippen molar-refractivity contribution in [2.75, 3.05) is 12.9 Å². The Kier molecular flexibility index (Phi) is 5.95. The predicted molar refractivity (Wildman–Crippen MR) is 87.5 cm³/mol. The van der Waals surface area contributed by atoms with E-state index < -0.39 is 16.6 Å². The average Bonchev–Trinajstić information content (AvgIpc) is 2.45. The molecule has 128 valence electrons. The summed E-state index contributed by atoms with van der Waals surface area (Å²) in [5.74, 6) is -0.738. The Bertz CT molecular complexity index is 567. The second-order valence-corrected chi connectivity index (χ2v) is 7.72. The quantitative estimate of drug-likeness (QED) is 0.771. The molecule has 23 heavy (non-hydrogen) atoms. The smallest absolute Gasteiger partial charge is 0.308 e. The minimum absolute atomic E-state index is 0.178. The highest BCUT2D eigenvalue weighted by Gasteiger charge is 2.37. The summed E-state index contributed by atoms with van der Waals surface area (Å²) in [6.07, 6.45) is 0.189. The van der Waals surface area contributed by atoms with Gasteiger partial charge in [-0.2, -0.15) is 0 Å². The van der Waals surface area contributed by atoms with E-state index in [0.717, 1.165) is 10.5 Å². The second kappa shape index (κ2) is 7.55. The van der Waals surface area contributed by atoms with Gasteiger partial charge >= 0.3 is 5.97 Å². The number of aryl methyl sites for hydroxylation is 1. The first-order chi connectivity index (χ1) is 10.8.